The van der Waals surface area contributed by atoms with Crippen LogP contribution in [0.1, 0.15) is 5.56 Å². The highest BCUT2D eigenvalue weighted by atomic mass is 35.5. The van der Waals surface area contributed by atoms with Gasteiger partial charge in [-0.15, -0.1) is 0 Å². The van der Waals surface area contributed by atoms with Crippen molar-refractivity contribution in [2.45, 2.75) is 6.42 Å². The van der Waals surface area contributed by atoms with Crippen LogP contribution in [0.5, 0.6) is 0 Å². The molecular formula is C12H11ClN4O. The van der Waals surface area contributed by atoms with Gasteiger partial charge < -0.3 is 11.1 Å². The summed E-state index contributed by atoms with van der Waals surface area (Å²) in [6.07, 6.45) is 1.71. The van der Waals surface area contributed by atoms with Crippen molar-refractivity contribution in [3.05, 3.63) is 47.4 Å². The maximum absolute atomic E-state index is 11.7. The molecule has 0 fully saturated rings. The summed E-state index contributed by atoms with van der Waals surface area (Å²) in [5.74, 6) is 0.194. The first-order valence-electron chi connectivity index (χ1n) is 5.26. The lowest BCUT2D eigenvalue weighted by molar-refractivity contribution is -0.115. The summed E-state index contributed by atoms with van der Waals surface area (Å²) in [5, 5.41) is 2.73. The molecule has 2 rings (SSSR count). The van der Waals surface area contributed by atoms with Gasteiger partial charge in [-0.3, -0.25) is 4.79 Å². The summed E-state index contributed by atoms with van der Waals surface area (Å²) in [7, 11) is 0. The third-order valence-corrected chi connectivity index (χ3v) is 2.39. The fourth-order valence-electron chi connectivity index (χ4n) is 1.48. The van der Waals surface area contributed by atoms with Crippen molar-refractivity contribution >= 4 is 29.0 Å². The molecule has 0 aliphatic carbocycles. The summed E-state index contributed by atoms with van der Waals surface area (Å²) in [6, 6.07) is 8.74. The van der Waals surface area contributed by atoms with Crippen LogP contribution in [0.15, 0.2) is 36.5 Å². The van der Waals surface area contributed by atoms with Gasteiger partial charge in [0.1, 0.15) is 5.82 Å². The second-order valence-electron chi connectivity index (χ2n) is 3.68. The van der Waals surface area contributed by atoms with Crippen molar-refractivity contribution < 1.29 is 4.79 Å². The van der Waals surface area contributed by atoms with E-state index in [0.29, 0.717) is 11.5 Å². The van der Waals surface area contributed by atoms with Crippen LogP contribution in [0.25, 0.3) is 0 Å². The standard InChI is InChI=1S/C12H11ClN4O/c13-12-15-5-4-10(17-12)16-11(18)7-8-2-1-3-9(14)6-8/h1-6H,7,14H2,(H,15,16,17,18). The lowest BCUT2D eigenvalue weighted by Crippen LogP contribution is -2.15. The van der Waals surface area contributed by atoms with Gasteiger partial charge in [0.2, 0.25) is 11.2 Å². The fourth-order valence-corrected chi connectivity index (χ4v) is 1.63. The van der Waals surface area contributed by atoms with E-state index in [2.05, 4.69) is 15.3 Å². The van der Waals surface area contributed by atoms with Gasteiger partial charge in [0.15, 0.2) is 0 Å². The van der Waals surface area contributed by atoms with Gasteiger partial charge in [-0.25, -0.2) is 9.97 Å². The molecule has 5 nitrogen and oxygen atoms in total. The van der Waals surface area contributed by atoms with E-state index in [1.54, 1.807) is 24.3 Å². The number of nitrogen functional groups attached to an aromatic ring is 1. The highest BCUT2D eigenvalue weighted by Crippen LogP contribution is 2.09. The first-order chi connectivity index (χ1) is 8.63. The Morgan fingerprint density at radius 1 is 1.39 bits per heavy atom. The molecule has 0 saturated carbocycles. The van der Waals surface area contributed by atoms with Crippen LogP contribution < -0.4 is 11.1 Å². The predicted molar refractivity (Wildman–Crippen MR) is 70.2 cm³/mol. The molecule has 3 N–H and O–H groups in total. The third kappa shape index (κ3) is 3.43. The first kappa shape index (κ1) is 12.3. The smallest absolute Gasteiger partial charge is 0.229 e. The highest BCUT2D eigenvalue weighted by Gasteiger charge is 2.05. The molecule has 92 valence electrons. The largest absolute Gasteiger partial charge is 0.399 e. The zero-order valence-electron chi connectivity index (χ0n) is 9.43. The van der Waals surface area contributed by atoms with Gasteiger partial charge >= 0.3 is 0 Å². The van der Waals surface area contributed by atoms with Crippen LogP contribution in [-0.2, 0) is 11.2 Å². The Bertz CT molecular complexity index is 524. The molecule has 18 heavy (non-hydrogen) atoms. The number of hydrogen-bond donors (Lipinski definition) is 2. The Morgan fingerprint density at radius 2 is 2.22 bits per heavy atom. The van der Waals surface area contributed by atoms with Gasteiger partial charge in [-0.2, -0.15) is 0 Å². The van der Waals surface area contributed by atoms with E-state index in [4.69, 9.17) is 17.3 Å². The molecule has 0 unspecified atom stereocenters. The molecule has 0 aliphatic heterocycles. The van der Waals surface area contributed by atoms with Crippen LogP contribution in [0.4, 0.5) is 11.5 Å². The van der Waals surface area contributed by atoms with Crippen molar-refractivity contribution in [2.24, 2.45) is 0 Å². The number of anilines is 2. The Morgan fingerprint density at radius 3 is 2.94 bits per heavy atom. The number of carbonyl (C=O) groups excluding carboxylic acids is 1. The molecular weight excluding hydrogens is 252 g/mol. The molecule has 0 atom stereocenters. The van der Waals surface area contributed by atoms with Crippen LogP contribution >= 0.6 is 11.6 Å². The Labute approximate surface area is 109 Å². The Balaban J connectivity index is 2.01. The monoisotopic (exact) mass is 262 g/mol. The molecule has 6 heteroatoms. The maximum atomic E-state index is 11.7. The fraction of sp³-hybridized carbons (Fsp3) is 0.0833. The summed E-state index contributed by atoms with van der Waals surface area (Å²) >= 11 is 5.62. The Kier molecular flexibility index (Phi) is 3.74. The van der Waals surface area contributed by atoms with Gasteiger partial charge in [0.25, 0.3) is 0 Å². The van der Waals surface area contributed by atoms with Crippen LogP contribution in [0.2, 0.25) is 5.28 Å². The number of rotatable bonds is 3. The highest BCUT2D eigenvalue weighted by molar-refractivity contribution is 6.28. The summed E-state index contributed by atoms with van der Waals surface area (Å²) < 4.78 is 0. The zero-order chi connectivity index (χ0) is 13.0. The molecule has 2 aromatic rings. The molecule has 0 spiro atoms. The number of benzene rings is 1. The van der Waals surface area contributed by atoms with Gasteiger partial charge in [-0.05, 0) is 35.4 Å². The lowest BCUT2D eigenvalue weighted by Gasteiger charge is -2.05. The predicted octanol–water partition coefficient (Wildman–Crippen LogP) is 1.89. The van der Waals surface area contributed by atoms with Crippen molar-refractivity contribution in [1.82, 2.24) is 9.97 Å². The minimum Gasteiger partial charge on any atom is -0.399 e. The SMILES string of the molecule is Nc1cccc(CC(=O)Nc2ccnc(Cl)n2)c1. The van der Waals surface area contributed by atoms with Crippen LogP contribution in [-0.4, -0.2) is 15.9 Å². The van der Waals surface area contributed by atoms with Crippen molar-refractivity contribution in [3.63, 3.8) is 0 Å². The quantitative estimate of drug-likeness (QED) is 0.654. The second kappa shape index (κ2) is 5.46. The molecule has 0 saturated heterocycles. The van der Waals surface area contributed by atoms with Crippen molar-refractivity contribution in [2.75, 3.05) is 11.1 Å². The number of halogens is 1. The number of hydrogen-bond acceptors (Lipinski definition) is 4. The molecule has 1 aromatic heterocycles. The van der Waals surface area contributed by atoms with E-state index in [1.807, 2.05) is 6.07 Å². The minimum absolute atomic E-state index is 0.0942. The lowest BCUT2D eigenvalue weighted by atomic mass is 10.1. The van der Waals surface area contributed by atoms with Crippen molar-refractivity contribution in [3.8, 4) is 0 Å². The number of nitrogens with one attached hydrogen (secondary N) is 1. The number of carbonyl (C=O) groups is 1. The van der Waals surface area contributed by atoms with E-state index in [0.717, 1.165) is 5.56 Å². The number of aromatic nitrogens is 2. The van der Waals surface area contributed by atoms with E-state index < -0.39 is 0 Å². The number of nitrogens with two attached hydrogens (primary N) is 1. The minimum atomic E-state index is -0.185. The molecule has 1 heterocycles. The molecule has 0 radical (unpaired) electrons. The van der Waals surface area contributed by atoms with E-state index in [1.165, 1.54) is 6.20 Å². The second-order valence-corrected chi connectivity index (χ2v) is 4.02. The topological polar surface area (TPSA) is 80.9 Å². The molecule has 1 amide bonds. The van der Waals surface area contributed by atoms with Crippen LogP contribution in [0.3, 0.4) is 0 Å². The summed E-state index contributed by atoms with van der Waals surface area (Å²) in [5.41, 5.74) is 7.11. The maximum Gasteiger partial charge on any atom is 0.229 e. The average molecular weight is 263 g/mol. The van der Waals surface area contributed by atoms with Gasteiger partial charge in [0.05, 0.1) is 6.42 Å². The average Bonchev–Trinajstić information content (AvgIpc) is 2.28. The normalized spacial score (nSPS) is 10.1. The summed E-state index contributed by atoms with van der Waals surface area (Å²) in [6.45, 7) is 0. The summed E-state index contributed by atoms with van der Waals surface area (Å²) in [4.78, 5) is 19.3. The van der Waals surface area contributed by atoms with Crippen LogP contribution in [0, 0.1) is 0 Å². The first-order valence-corrected chi connectivity index (χ1v) is 5.64. The Hall–Kier alpha value is -2.14. The molecule has 0 bridgehead atoms. The molecule has 1 aromatic carbocycles. The van der Waals surface area contributed by atoms with Crippen molar-refractivity contribution in [1.29, 1.82) is 0 Å². The zero-order valence-corrected chi connectivity index (χ0v) is 10.2. The number of nitrogens with zero attached hydrogens (tertiary/aromatic N) is 2. The van der Waals surface area contributed by atoms with E-state index in [-0.39, 0.29) is 17.6 Å². The van der Waals surface area contributed by atoms with E-state index >= 15 is 0 Å². The van der Waals surface area contributed by atoms with E-state index in [9.17, 15) is 4.79 Å². The molecule has 0 aliphatic rings. The third-order valence-electron chi connectivity index (χ3n) is 2.21. The van der Waals surface area contributed by atoms with Gasteiger partial charge in [0, 0.05) is 11.9 Å². The number of amides is 1. The van der Waals surface area contributed by atoms with Gasteiger partial charge in [-0.1, -0.05) is 12.1 Å².